The number of hydrogen-bond acceptors (Lipinski definition) is 6. The summed E-state index contributed by atoms with van der Waals surface area (Å²) in [5, 5.41) is 0. The summed E-state index contributed by atoms with van der Waals surface area (Å²) in [6, 6.07) is 4.15. The SMILES string of the molecule is COc1ccc(OC(F)(F)F)c(S(=O)(=O)N(C)c2cncc(C(C)=O)c2)c1. The van der Waals surface area contributed by atoms with Crippen LogP contribution >= 0.6 is 0 Å². The van der Waals surface area contributed by atoms with Gasteiger partial charge in [0.2, 0.25) is 0 Å². The van der Waals surface area contributed by atoms with Crippen molar-refractivity contribution in [2.45, 2.75) is 18.2 Å². The van der Waals surface area contributed by atoms with Gasteiger partial charge in [-0.25, -0.2) is 8.42 Å². The van der Waals surface area contributed by atoms with E-state index >= 15 is 0 Å². The zero-order valence-corrected chi connectivity index (χ0v) is 15.3. The van der Waals surface area contributed by atoms with E-state index < -0.39 is 27.0 Å². The van der Waals surface area contributed by atoms with Gasteiger partial charge in [0.15, 0.2) is 5.78 Å². The van der Waals surface area contributed by atoms with E-state index in [1.54, 1.807) is 0 Å². The molecule has 0 N–H and O–H groups in total. The van der Waals surface area contributed by atoms with Gasteiger partial charge < -0.3 is 9.47 Å². The van der Waals surface area contributed by atoms with Crippen LogP contribution in [0.4, 0.5) is 18.9 Å². The predicted molar refractivity (Wildman–Crippen MR) is 89.5 cm³/mol. The molecule has 2 aromatic rings. The van der Waals surface area contributed by atoms with E-state index in [0.717, 1.165) is 31.4 Å². The van der Waals surface area contributed by atoms with Crippen LogP contribution in [0.3, 0.4) is 0 Å². The highest BCUT2D eigenvalue weighted by Crippen LogP contribution is 2.35. The molecule has 7 nitrogen and oxygen atoms in total. The van der Waals surface area contributed by atoms with Crippen LogP contribution in [0.15, 0.2) is 41.6 Å². The minimum absolute atomic E-state index is 0.0107. The molecule has 1 aromatic heterocycles. The number of ketones is 1. The molecule has 146 valence electrons. The van der Waals surface area contributed by atoms with E-state index in [2.05, 4.69) is 9.72 Å². The number of carbonyl (C=O) groups excluding carboxylic acids is 1. The van der Waals surface area contributed by atoms with Crippen molar-refractivity contribution >= 4 is 21.5 Å². The van der Waals surface area contributed by atoms with Crippen molar-refractivity contribution in [3.8, 4) is 11.5 Å². The number of pyridine rings is 1. The Morgan fingerprint density at radius 1 is 1.19 bits per heavy atom. The molecule has 0 unspecified atom stereocenters. The van der Waals surface area contributed by atoms with Crippen molar-refractivity contribution in [3.05, 3.63) is 42.2 Å². The van der Waals surface area contributed by atoms with Crippen molar-refractivity contribution in [2.75, 3.05) is 18.5 Å². The first-order chi connectivity index (χ1) is 12.5. The number of alkyl halides is 3. The monoisotopic (exact) mass is 404 g/mol. The predicted octanol–water partition coefficient (Wildman–Crippen LogP) is 3.02. The number of halogens is 3. The Morgan fingerprint density at radius 3 is 2.41 bits per heavy atom. The van der Waals surface area contributed by atoms with Gasteiger partial charge >= 0.3 is 6.36 Å². The normalized spacial score (nSPS) is 11.8. The minimum atomic E-state index is -5.09. The lowest BCUT2D eigenvalue weighted by Crippen LogP contribution is -2.28. The number of sulfonamides is 1. The summed E-state index contributed by atoms with van der Waals surface area (Å²) in [6.45, 7) is 1.27. The van der Waals surface area contributed by atoms with Gasteiger partial charge in [0.25, 0.3) is 10.0 Å². The third kappa shape index (κ3) is 4.67. The molecule has 11 heteroatoms. The number of anilines is 1. The number of Topliss-reactive ketones (excluding diaryl/α,β-unsaturated/α-hetero) is 1. The zero-order valence-electron chi connectivity index (χ0n) is 14.4. The van der Waals surface area contributed by atoms with E-state index in [-0.39, 0.29) is 22.8 Å². The highest BCUT2D eigenvalue weighted by Gasteiger charge is 2.35. The van der Waals surface area contributed by atoms with Gasteiger partial charge in [-0.15, -0.1) is 13.2 Å². The van der Waals surface area contributed by atoms with Crippen LogP contribution in [0.25, 0.3) is 0 Å². The van der Waals surface area contributed by atoms with Gasteiger partial charge in [0.05, 0.1) is 19.0 Å². The number of rotatable bonds is 6. The summed E-state index contributed by atoms with van der Waals surface area (Å²) in [5.41, 5.74) is 0.135. The molecule has 0 saturated carbocycles. The largest absolute Gasteiger partial charge is 0.573 e. The maximum absolute atomic E-state index is 12.9. The van der Waals surface area contributed by atoms with Crippen LogP contribution in [0.2, 0.25) is 0 Å². The average molecular weight is 404 g/mol. The Hall–Kier alpha value is -2.82. The molecule has 0 aliphatic carbocycles. The number of aromatic nitrogens is 1. The van der Waals surface area contributed by atoms with Crippen LogP contribution < -0.4 is 13.8 Å². The molecule has 0 saturated heterocycles. The molecule has 0 atom stereocenters. The second-order valence-electron chi connectivity index (χ2n) is 5.32. The summed E-state index contributed by atoms with van der Waals surface area (Å²) >= 11 is 0. The first kappa shape index (κ1) is 20.5. The molecule has 0 radical (unpaired) electrons. The molecular formula is C16H15F3N2O5S. The Bertz CT molecular complexity index is 961. The van der Waals surface area contributed by atoms with Gasteiger partial charge in [-0.2, -0.15) is 0 Å². The van der Waals surface area contributed by atoms with E-state index in [1.807, 2.05) is 0 Å². The molecule has 0 spiro atoms. The molecule has 27 heavy (non-hydrogen) atoms. The third-order valence-electron chi connectivity index (χ3n) is 3.51. The summed E-state index contributed by atoms with van der Waals surface area (Å²) in [7, 11) is -2.14. The van der Waals surface area contributed by atoms with Crippen LogP contribution in [0.5, 0.6) is 11.5 Å². The summed E-state index contributed by atoms with van der Waals surface area (Å²) in [4.78, 5) is 14.5. The number of ether oxygens (including phenoxy) is 2. The second-order valence-corrected chi connectivity index (χ2v) is 7.26. The van der Waals surface area contributed by atoms with Gasteiger partial charge in [-0.1, -0.05) is 0 Å². The van der Waals surface area contributed by atoms with Crippen molar-refractivity contribution in [2.24, 2.45) is 0 Å². The van der Waals surface area contributed by atoms with Crippen LogP contribution in [0, 0.1) is 0 Å². The fourth-order valence-corrected chi connectivity index (χ4v) is 3.41. The lowest BCUT2D eigenvalue weighted by atomic mass is 10.2. The van der Waals surface area contributed by atoms with Gasteiger partial charge in [-0.05, 0) is 25.1 Å². The zero-order chi connectivity index (χ0) is 20.4. The van der Waals surface area contributed by atoms with E-state index in [0.29, 0.717) is 4.31 Å². The van der Waals surface area contributed by atoms with Gasteiger partial charge in [0.1, 0.15) is 16.4 Å². The van der Waals surface area contributed by atoms with Crippen molar-refractivity contribution in [3.63, 3.8) is 0 Å². The number of methoxy groups -OCH3 is 1. The summed E-state index contributed by atoms with van der Waals surface area (Å²) < 4.78 is 73.2. The van der Waals surface area contributed by atoms with Crippen molar-refractivity contribution in [1.29, 1.82) is 0 Å². The minimum Gasteiger partial charge on any atom is -0.497 e. The van der Waals surface area contributed by atoms with Crippen molar-refractivity contribution < 1.29 is 35.9 Å². The summed E-state index contributed by atoms with van der Waals surface area (Å²) in [6.07, 6.45) is -2.68. The average Bonchev–Trinajstić information content (AvgIpc) is 2.60. The highest BCUT2D eigenvalue weighted by atomic mass is 32.2. The van der Waals surface area contributed by atoms with Crippen LogP contribution in [-0.4, -0.2) is 39.7 Å². The van der Waals surface area contributed by atoms with E-state index in [4.69, 9.17) is 4.74 Å². The molecule has 1 heterocycles. The maximum Gasteiger partial charge on any atom is 0.573 e. The van der Waals surface area contributed by atoms with E-state index in [1.165, 1.54) is 26.3 Å². The molecule has 1 aromatic carbocycles. The fraction of sp³-hybridized carbons (Fsp3) is 0.250. The van der Waals surface area contributed by atoms with E-state index in [9.17, 15) is 26.4 Å². The number of carbonyl (C=O) groups is 1. The highest BCUT2D eigenvalue weighted by molar-refractivity contribution is 7.92. The van der Waals surface area contributed by atoms with Crippen molar-refractivity contribution in [1.82, 2.24) is 4.98 Å². The standard InChI is InChI=1S/C16H15F3N2O5S/c1-10(22)11-6-12(9-20-8-11)21(2)27(23,24)15-7-13(25-3)4-5-14(15)26-16(17,18)19/h4-9H,1-3H3. The number of hydrogen-bond donors (Lipinski definition) is 0. The topological polar surface area (TPSA) is 85.8 Å². The Kier molecular flexibility index (Phi) is 5.64. The number of nitrogens with zero attached hydrogens (tertiary/aromatic N) is 2. The quantitative estimate of drug-likeness (QED) is 0.688. The Morgan fingerprint density at radius 2 is 1.85 bits per heavy atom. The lowest BCUT2D eigenvalue weighted by Gasteiger charge is -2.22. The lowest BCUT2D eigenvalue weighted by molar-refractivity contribution is -0.275. The second kappa shape index (κ2) is 7.43. The molecule has 0 bridgehead atoms. The third-order valence-corrected chi connectivity index (χ3v) is 5.32. The van der Waals surface area contributed by atoms with Crippen LogP contribution in [0.1, 0.15) is 17.3 Å². The molecule has 0 amide bonds. The Balaban J connectivity index is 2.57. The first-order valence-electron chi connectivity index (χ1n) is 7.34. The van der Waals surface area contributed by atoms with Crippen LogP contribution in [-0.2, 0) is 10.0 Å². The maximum atomic E-state index is 12.9. The smallest absolute Gasteiger partial charge is 0.497 e. The van der Waals surface area contributed by atoms with Gasteiger partial charge in [-0.3, -0.25) is 14.1 Å². The number of benzene rings is 1. The first-order valence-corrected chi connectivity index (χ1v) is 8.78. The molecular weight excluding hydrogens is 389 g/mol. The molecule has 0 aliphatic rings. The fourth-order valence-electron chi connectivity index (χ4n) is 2.10. The molecule has 0 aliphatic heterocycles. The van der Waals surface area contributed by atoms with Gasteiger partial charge in [0, 0.05) is 24.9 Å². The Labute approximate surface area is 153 Å². The molecule has 0 fully saturated rings. The molecule has 2 rings (SSSR count). The summed E-state index contributed by atoms with van der Waals surface area (Å²) in [5.74, 6) is -1.24.